The van der Waals surface area contributed by atoms with Gasteiger partial charge in [0.25, 0.3) is 0 Å². The predicted octanol–water partition coefficient (Wildman–Crippen LogP) is 10.2. The van der Waals surface area contributed by atoms with Gasteiger partial charge in [0.2, 0.25) is 0 Å². The summed E-state index contributed by atoms with van der Waals surface area (Å²) in [5.41, 5.74) is 4.95. The van der Waals surface area contributed by atoms with Gasteiger partial charge in [-0.3, -0.25) is 8.78 Å². The fraction of sp³-hybridized carbons (Fsp3) is 0.184. The maximum Gasteiger partial charge on any atom is 0.0961 e. The topological polar surface area (TPSA) is 58.3 Å². The first-order valence-electron chi connectivity index (χ1n) is 14.7. The van der Waals surface area contributed by atoms with Crippen LogP contribution in [0.3, 0.4) is 0 Å². The Labute approximate surface area is 290 Å². The molecular weight excluding hydrogens is 829 g/mol. The Morgan fingerprint density at radius 2 is 1.54 bits per heavy atom. The van der Waals surface area contributed by atoms with Crippen LogP contribution in [0.1, 0.15) is 32.8 Å². The summed E-state index contributed by atoms with van der Waals surface area (Å²) in [7, 11) is 0. The van der Waals surface area contributed by atoms with Crippen molar-refractivity contribution in [3.63, 3.8) is 0 Å². The van der Waals surface area contributed by atoms with Gasteiger partial charge in [0, 0.05) is 65.2 Å². The van der Waals surface area contributed by atoms with Crippen LogP contribution in [0.5, 0.6) is 0 Å². The first kappa shape index (κ1) is 35.2. The van der Waals surface area contributed by atoms with Crippen LogP contribution in [-0.4, -0.2) is 25.9 Å². The van der Waals surface area contributed by atoms with Gasteiger partial charge < -0.3 is 19.8 Å². The van der Waals surface area contributed by atoms with E-state index in [1.807, 2.05) is 20.8 Å². The second-order valence-corrected chi connectivity index (χ2v) is 12.8. The Morgan fingerprint density at radius 1 is 0.935 bits per heavy atom. The molecule has 2 aromatic heterocycles. The first-order valence-corrected chi connectivity index (χ1v) is 15.5. The van der Waals surface area contributed by atoms with Gasteiger partial charge in [0.1, 0.15) is 0 Å². The number of aryl methyl sites for hydroxylation is 1. The molecule has 4 nitrogen and oxygen atoms in total. The zero-order valence-electron chi connectivity index (χ0n) is 25.6. The van der Waals surface area contributed by atoms with Gasteiger partial charge in [0.15, 0.2) is 0 Å². The first-order chi connectivity index (χ1) is 21.5. The second-order valence-electron chi connectivity index (χ2n) is 11.8. The van der Waals surface area contributed by atoms with Crippen LogP contribution >= 0.6 is 15.9 Å². The third-order valence-corrected chi connectivity index (χ3v) is 7.93. The number of pyridine rings is 1. The number of aliphatic hydroxyl groups excluding tert-OH is 2. The Bertz CT molecular complexity index is 1900. The Balaban J connectivity index is 0.000000253. The van der Waals surface area contributed by atoms with Crippen molar-refractivity contribution in [1.29, 1.82) is 0 Å². The zero-order valence-corrected chi connectivity index (χ0v) is 29.5. The van der Waals surface area contributed by atoms with Crippen LogP contribution in [0, 0.1) is 23.1 Å². The molecule has 6 rings (SSSR count). The summed E-state index contributed by atoms with van der Waals surface area (Å²) < 4.78 is 29.0. The van der Waals surface area contributed by atoms with Crippen LogP contribution in [0.25, 0.3) is 38.8 Å². The molecule has 6 aromatic rings. The van der Waals surface area contributed by atoms with Crippen LogP contribution in [0.15, 0.2) is 120 Å². The summed E-state index contributed by atoms with van der Waals surface area (Å²) in [6, 6.07) is 33.3. The summed E-state index contributed by atoms with van der Waals surface area (Å²) in [6.45, 7) is 5.79. The van der Waals surface area contributed by atoms with E-state index in [0.29, 0.717) is 12.1 Å². The number of aliphatic hydroxyl groups is 2. The molecule has 0 aliphatic carbocycles. The molecular formula is C38H34BrF2N2O2Pt-. The number of allylic oxidation sites excluding steroid dienone is 1. The number of para-hydroxylation sites is 2. The quantitative estimate of drug-likeness (QED) is 0.130. The molecule has 240 valence electrons. The number of fused-ring (bicyclic) bond motifs is 3. The van der Waals surface area contributed by atoms with Crippen molar-refractivity contribution in [3.05, 3.63) is 143 Å². The van der Waals surface area contributed by atoms with Gasteiger partial charge in [-0.25, -0.2) is 0 Å². The van der Waals surface area contributed by atoms with E-state index >= 15 is 0 Å². The van der Waals surface area contributed by atoms with E-state index < -0.39 is 17.7 Å². The second kappa shape index (κ2) is 15.3. The third-order valence-electron chi connectivity index (χ3n) is 7.46. The fourth-order valence-corrected chi connectivity index (χ4v) is 5.24. The molecule has 0 radical (unpaired) electrons. The summed E-state index contributed by atoms with van der Waals surface area (Å²) in [4.78, 5) is 4.00. The minimum atomic E-state index is -0.662. The molecule has 0 fully saturated rings. The molecule has 0 saturated carbocycles. The summed E-state index contributed by atoms with van der Waals surface area (Å²) in [5, 5.41) is 22.8. The fourth-order valence-electron chi connectivity index (χ4n) is 5.01. The number of hydrogen-bond acceptors (Lipinski definition) is 3. The van der Waals surface area contributed by atoms with Crippen molar-refractivity contribution in [2.24, 2.45) is 5.41 Å². The molecule has 1 unspecified atom stereocenters. The van der Waals surface area contributed by atoms with Crippen molar-refractivity contribution in [3.8, 4) is 16.9 Å². The van der Waals surface area contributed by atoms with Crippen molar-refractivity contribution in [2.75, 3.05) is 0 Å². The number of aromatic nitrogens is 2. The van der Waals surface area contributed by atoms with Crippen molar-refractivity contribution >= 4 is 37.7 Å². The molecule has 0 spiro atoms. The maximum atomic E-state index is 13.3. The van der Waals surface area contributed by atoms with E-state index in [0.717, 1.165) is 28.7 Å². The van der Waals surface area contributed by atoms with Crippen molar-refractivity contribution < 1.29 is 40.1 Å². The van der Waals surface area contributed by atoms with Crippen molar-refractivity contribution in [2.45, 2.75) is 39.7 Å². The van der Waals surface area contributed by atoms with Crippen LogP contribution in [-0.2, 0) is 27.5 Å². The van der Waals surface area contributed by atoms with Gasteiger partial charge in [0.05, 0.1) is 22.9 Å². The number of hydrogen-bond donors (Lipinski definition) is 2. The molecule has 4 aromatic carbocycles. The normalized spacial score (nSPS) is 12.4. The number of rotatable bonds is 6. The Hall–Kier alpha value is -3.64. The maximum absolute atomic E-state index is 13.3. The molecule has 0 saturated heterocycles. The molecule has 0 aliphatic rings. The molecule has 0 amide bonds. The molecule has 46 heavy (non-hydrogen) atoms. The smallest absolute Gasteiger partial charge is 0.0961 e. The predicted molar refractivity (Wildman–Crippen MR) is 181 cm³/mol. The summed E-state index contributed by atoms with van der Waals surface area (Å²) in [6.07, 6.45) is 3.79. The van der Waals surface area contributed by atoms with E-state index in [4.69, 9.17) is 0 Å². The zero-order chi connectivity index (χ0) is 32.1. The van der Waals surface area contributed by atoms with Crippen LogP contribution < -0.4 is 0 Å². The molecule has 2 heterocycles. The average Bonchev–Trinajstić information content (AvgIpc) is 3.35. The molecule has 8 heteroatoms. The van der Waals surface area contributed by atoms with E-state index in [1.165, 1.54) is 27.4 Å². The van der Waals surface area contributed by atoms with Crippen LogP contribution in [0.2, 0.25) is 0 Å². The number of benzene rings is 4. The van der Waals surface area contributed by atoms with E-state index in [9.17, 15) is 19.0 Å². The SMILES string of the molecule is CC(C)(C)C(O)=CC(O)CCc1ccc(-n2c3ccccc3c3ccccc32)cc1.Fc1c[c-]c(-c2ccc(Br)cn2)c(F)c1.[Pt]. The van der Waals surface area contributed by atoms with E-state index in [2.05, 4.69) is 104 Å². The summed E-state index contributed by atoms with van der Waals surface area (Å²) in [5.74, 6) is -1.07. The number of nitrogens with zero attached hydrogens (tertiary/aromatic N) is 2. The average molecular weight is 864 g/mol. The van der Waals surface area contributed by atoms with E-state index in [1.54, 1.807) is 24.4 Å². The number of halogens is 3. The van der Waals surface area contributed by atoms with Gasteiger partial charge in [-0.2, -0.15) is 0 Å². The summed E-state index contributed by atoms with van der Waals surface area (Å²) >= 11 is 3.22. The minimum Gasteiger partial charge on any atom is -0.512 e. The molecule has 0 aliphatic heterocycles. The molecule has 1 atom stereocenters. The van der Waals surface area contributed by atoms with Crippen LogP contribution in [0.4, 0.5) is 8.78 Å². The third kappa shape index (κ3) is 8.38. The van der Waals surface area contributed by atoms with E-state index in [-0.39, 0.29) is 37.8 Å². The largest absolute Gasteiger partial charge is 0.512 e. The van der Waals surface area contributed by atoms with Gasteiger partial charge >= 0.3 is 0 Å². The molecule has 0 bridgehead atoms. The van der Waals surface area contributed by atoms with Gasteiger partial charge in [-0.05, 0) is 70.4 Å². The Kier molecular flexibility index (Phi) is 11.7. The molecule has 2 N–H and O–H groups in total. The van der Waals surface area contributed by atoms with Crippen molar-refractivity contribution in [1.82, 2.24) is 9.55 Å². The Morgan fingerprint density at radius 3 is 2.09 bits per heavy atom. The van der Waals surface area contributed by atoms with Gasteiger partial charge in [-0.15, -0.1) is 12.1 Å². The monoisotopic (exact) mass is 862 g/mol. The van der Waals surface area contributed by atoms with Gasteiger partial charge in [-0.1, -0.05) is 93.1 Å². The minimum absolute atomic E-state index is 0. The standard InChI is InChI=1S/C27H29NO2.C11H5BrF2N.Pt/c1-27(2,3)26(30)18-21(29)17-14-19-12-15-20(16-13-19)28-24-10-6-4-8-22(24)23-9-5-7-11-25(23)28;12-7-1-4-11(15-6-7)9-3-2-8(13)5-10(9)14;/h4-13,15-16,18,21,29-30H,14,17H2,1-3H3;1-2,4-6H;/q;-1;.